The van der Waals surface area contributed by atoms with Crippen LogP contribution in [0.25, 0.3) is 0 Å². The molecular formula is C11H11BrN2O. The fraction of sp³-hybridized carbons (Fsp3) is 0.0909. The smallest absolute Gasteiger partial charge is 0.117 e. The second-order valence-electron chi connectivity index (χ2n) is 3.24. The van der Waals surface area contributed by atoms with Gasteiger partial charge in [-0.25, -0.2) is 0 Å². The molecule has 3 N–H and O–H groups in total. The fourth-order valence-corrected chi connectivity index (χ4v) is 1.71. The van der Waals surface area contributed by atoms with Gasteiger partial charge in [0.2, 0.25) is 0 Å². The van der Waals surface area contributed by atoms with Crippen molar-refractivity contribution >= 4 is 21.6 Å². The number of rotatable bonds is 3. The molecule has 0 aliphatic carbocycles. The van der Waals surface area contributed by atoms with E-state index in [-0.39, 0.29) is 5.75 Å². The van der Waals surface area contributed by atoms with Crippen molar-refractivity contribution in [3.8, 4) is 5.75 Å². The number of halogens is 1. The van der Waals surface area contributed by atoms with E-state index in [9.17, 15) is 5.11 Å². The molecule has 2 rings (SSSR count). The molecule has 2 aromatic rings. The van der Waals surface area contributed by atoms with Crippen LogP contribution in [0.4, 0.5) is 5.69 Å². The second-order valence-corrected chi connectivity index (χ2v) is 4.09. The first kappa shape index (κ1) is 10.1. The van der Waals surface area contributed by atoms with Crippen molar-refractivity contribution < 1.29 is 5.11 Å². The molecule has 0 saturated carbocycles. The molecule has 1 aromatic heterocycles. The third kappa shape index (κ3) is 2.76. The average Bonchev–Trinajstić information content (AvgIpc) is 2.62. The molecule has 0 saturated heterocycles. The first-order valence-corrected chi connectivity index (χ1v) is 5.39. The van der Waals surface area contributed by atoms with Crippen LogP contribution in [-0.2, 0) is 6.54 Å². The number of anilines is 1. The molecule has 0 unspecified atom stereocenters. The van der Waals surface area contributed by atoms with Gasteiger partial charge in [0, 0.05) is 17.4 Å². The molecule has 0 bridgehead atoms. The van der Waals surface area contributed by atoms with Gasteiger partial charge in [-0.05, 0) is 40.2 Å². The van der Waals surface area contributed by atoms with Gasteiger partial charge >= 0.3 is 0 Å². The van der Waals surface area contributed by atoms with Crippen LogP contribution in [0.3, 0.4) is 0 Å². The van der Waals surface area contributed by atoms with Crippen LogP contribution in [-0.4, -0.2) is 10.1 Å². The number of aromatic nitrogens is 1. The molecule has 0 radical (unpaired) electrons. The predicted molar refractivity (Wildman–Crippen MR) is 63.9 cm³/mol. The van der Waals surface area contributed by atoms with Crippen molar-refractivity contribution in [2.24, 2.45) is 0 Å². The van der Waals surface area contributed by atoms with E-state index in [4.69, 9.17) is 0 Å². The highest BCUT2D eigenvalue weighted by molar-refractivity contribution is 9.10. The molecule has 1 heterocycles. The summed E-state index contributed by atoms with van der Waals surface area (Å²) < 4.78 is 0.968. The zero-order valence-corrected chi connectivity index (χ0v) is 9.58. The Bertz CT molecular complexity index is 453. The summed E-state index contributed by atoms with van der Waals surface area (Å²) in [6.45, 7) is 0.703. The van der Waals surface area contributed by atoms with Gasteiger partial charge in [-0.2, -0.15) is 0 Å². The standard InChI is InChI=1S/C11H11BrN2O/c12-11-5-4-9(14-11)7-13-8-2-1-3-10(15)6-8/h1-6,13-15H,7H2. The number of aromatic hydroxyl groups is 1. The van der Waals surface area contributed by atoms with Gasteiger partial charge in [-0.3, -0.25) is 0 Å². The molecule has 0 aliphatic rings. The van der Waals surface area contributed by atoms with Gasteiger partial charge in [0.15, 0.2) is 0 Å². The van der Waals surface area contributed by atoms with Crippen molar-refractivity contribution in [1.82, 2.24) is 4.98 Å². The Hall–Kier alpha value is -1.42. The lowest BCUT2D eigenvalue weighted by molar-refractivity contribution is 0.475. The predicted octanol–water partition coefficient (Wildman–Crippen LogP) is 3.09. The molecule has 1 aromatic carbocycles. The molecule has 78 valence electrons. The van der Waals surface area contributed by atoms with Gasteiger partial charge in [0.1, 0.15) is 5.75 Å². The minimum absolute atomic E-state index is 0.271. The number of phenolic OH excluding ortho intramolecular Hbond substituents is 1. The van der Waals surface area contributed by atoms with Crippen LogP contribution < -0.4 is 5.32 Å². The molecule has 4 heteroatoms. The van der Waals surface area contributed by atoms with E-state index in [1.54, 1.807) is 12.1 Å². The summed E-state index contributed by atoms with van der Waals surface area (Å²) in [5.74, 6) is 0.271. The monoisotopic (exact) mass is 266 g/mol. The number of hydrogen-bond donors (Lipinski definition) is 3. The van der Waals surface area contributed by atoms with Gasteiger partial charge in [0.05, 0.1) is 11.1 Å². The Labute approximate surface area is 96.3 Å². The third-order valence-corrected chi connectivity index (χ3v) is 2.50. The molecule has 0 aliphatic heterocycles. The average molecular weight is 267 g/mol. The molecule has 0 spiro atoms. The Morgan fingerprint density at radius 2 is 2.13 bits per heavy atom. The van der Waals surface area contributed by atoms with Crippen LogP contribution in [0.2, 0.25) is 0 Å². The maximum absolute atomic E-state index is 9.26. The molecule has 0 fully saturated rings. The Kier molecular flexibility index (Phi) is 2.97. The largest absolute Gasteiger partial charge is 0.508 e. The van der Waals surface area contributed by atoms with Crippen LogP contribution in [0.5, 0.6) is 5.75 Å². The lowest BCUT2D eigenvalue weighted by Gasteiger charge is -2.04. The minimum Gasteiger partial charge on any atom is -0.508 e. The number of H-pyrrole nitrogens is 1. The summed E-state index contributed by atoms with van der Waals surface area (Å²) >= 11 is 3.35. The van der Waals surface area contributed by atoms with Crippen molar-refractivity contribution in [3.05, 3.63) is 46.7 Å². The van der Waals surface area contributed by atoms with Gasteiger partial charge in [-0.1, -0.05) is 6.07 Å². The SMILES string of the molecule is Oc1cccc(NCc2ccc(Br)[nH]2)c1. The summed E-state index contributed by atoms with van der Waals surface area (Å²) in [5, 5.41) is 12.5. The van der Waals surface area contributed by atoms with Crippen molar-refractivity contribution in [3.63, 3.8) is 0 Å². The van der Waals surface area contributed by atoms with E-state index in [2.05, 4.69) is 26.2 Å². The van der Waals surface area contributed by atoms with E-state index >= 15 is 0 Å². The number of nitrogens with one attached hydrogen (secondary N) is 2. The zero-order valence-electron chi connectivity index (χ0n) is 8.00. The molecule has 15 heavy (non-hydrogen) atoms. The van der Waals surface area contributed by atoms with E-state index in [0.29, 0.717) is 6.54 Å². The Morgan fingerprint density at radius 1 is 1.27 bits per heavy atom. The van der Waals surface area contributed by atoms with E-state index in [0.717, 1.165) is 16.0 Å². The van der Waals surface area contributed by atoms with Gasteiger partial charge in [0.25, 0.3) is 0 Å². The quantitative estimate of drug-likeness (QED) is 0.800. The molecule has 0 atom stereocenters. The molecule has 3 nitrogen and oxygen atoms in total. The molecule has 0 amide bonds. The number of hydrogen-bond acceptors (Lipinski definition) is 2. The zero-order chi connectivity index (χ0) is 10.7. The number of phenols is 1. The van der Waals surface area contributed by atoms with Gasteiger partial charge in [-0.15, -0.1) is 0 Å². The number of benzene rings is 1. The highest BCUT2D eigenvalue weighted by atomic mass is 79.9. The van der Waals surface area contributed by atoms with Crippen LogP contribution in [0.1, 0.15) is 5.69 Å². The Morgan fingerprint density at radius 3 is 2.80 bits per heavy atom. The lowest BCUT2D eigenvalue weighted by atomic mass is 10.3. The topological polar surface area (TPSA) is 48.0 Å². The number of aromatic amines is 1. The first-order chi connectivity index (χ1) is 7.24. The first-order valence-electron chi connectivity index (χ1n) is 4.60. The third-order valence-electron chi connectivity index (χ3n) is 2.04. The van der Waals surface area contributed by atoms with Crippen molar-refractivity contribution in [2.75, 3.05) is 5.32 Å². The van der Waals surface area contributed by atoms with Crippen molar-refractivity contribution in [1.29, 1.82) is 0 Å². The maximum Gasteiger partial charge on any atom is 0.117 e. The summed E-state index contributed by atoms with van der Waals surface area (Å²) in [7, 11) is 0. The maximum atomic E-state index is 9.26. The summed E-state index contributed by atoms with van der Waals surface area (Å²) in [6.07, 6.45) is 0. The van der Waals surface area contributed by atoms with E-state index in [1.807, 2.05) is 24.3 Å². The summed E-state index contributed by atoms with van der Waals surface area (Å²) in [4.78, 5) is 3.15. The minimum atomic E-state index is 0.271. The Balaban J connectivity index is 1.99. The van der Waals surface area contributed by atoms with E-state index < -0.39 is 0 Å². The highest BCUT2D eigenvalue weighted by Crippen LogP contribution is 2.16. The fourth-order valence-electron chi connectivity index (χ4n) is 1.33. The van der Waals surface area contributed by atoms with Crippen LogP contribution >= 0.6 is 15.9 Å². The van der Waals surface area contributed by atoms with Crippen molar-refractivity contribution in [2.45, 2.75) is 6.54 Å². The van der Waals surface area contributed by atoms with Crippen LogP contribution in [0.15, 0.2) is 41.0 Å². The van der Waals surface area contributed by atoms with E-state index in [1.165, 1.54) is 0 Å². The lowest BCUT2D eigenvalue weighted by Crippen LogP contribution is -1.99. The molecular weight excluding hydrogens is 256 g/mol. The highest BCUT2D eigenvalue weighted by Gasteiger charge is 1.97. The normalized spacial score (nSPS) is 10.2. The summed E-state index contributed by atoms with van der Waals surface area (Å²) in [6, 6.07) is 11.0. The van der Waals surface area contributed by atoms with Gasteiger partial charge < -0.3 is 15.4 Å². The van der Waals surface area contributed by atoms with Crippen LogP contribution in [0, 0.1) is 0 Å². The second kappa shape index (κ2) is 4.40. The summed E-state index contributed by atoms with van der Waals surface area (Å²) in [5.41, 5.74) is 1.99.